The van der Waals surface area contributed by atoms with Crippen LogP contribution in [0.1, 0.15) is 25.6 Å². The predicted molar refractivity (Wildman–Crippen MR) is 44.9 cm³/mol. The minimum Gasteiger partial charge on any atom is -0.384 e. The Morgan fingerprint density at radius 1 is 1.64 bits per heavy atom. The van der Waals surface area contributed by atoms with Gasteiger partial charge in [-0.15, -0.1) is 0 Å². The Labute approximate surface area is 66.2 Å². The molecule has 4 nitrogen and oxygen atoms in total. The van der Waals surface area contributed by atoms with E-state index in [0.717, 1.165) is 5.69 Å². The lowest BCUT2D eigenvalue weighted by Gasteiger charge is -2.06. The first kappa shape index (κ1) is 8.07. The highest BCUT2D eigenvalue weighted by Gasteiger charge is 2.05. The van der Waals surface area contributed by atoms with Crippen molar-refractivity contribution in [2.45, 2.75) is 26.4 Å². The molecule has 0 aliphatic carbocycles. The van der Waals surface area contributed by atoms with E-state index < -0.39 is 0 Å². The molecular formula is C7H14N4. The Balaban J connectivity index is 2.97. The van der Waals surface area contributed by atoms with Gasteiger partial charge < -0.3 is 11.5 Å². The monoisotopic (exact) mass is 154 g/mol. The Bertz CT molecular complexity index is 239. The summed E-state index contributed by atoms with van der Waals surface area (Å²) in [5.74, 6) is 0.681. The second-order valence-electron chi connectivity index (χ2n) is 2.80. The number of hydrogen-bond acceptors (Lipinski definition) is 3. The van der Waals surface area contributed by atoms with E-state index in [4.69, 9.17) is 11.5 Å². The summed E-state index contributed by atoms with van der Waals surface area (Å²) in [7, 11) is 0. The van der Waals surface area contributed by atoms with E-state index in [9.17, 15) is 0 Å². The predicted octanol–water partition coefficient (Wildman–Crippen LogP) is 0.505. The molecule has 4 N–H and O–H groups in total. The molecule has 0 spiro atoms. The lowest BCUT2D eigenvalue weighted by atomic mass is 10.4. The molecule has 0 fully saturated rings. The fraction of sp³-hybridized carbons (Fsp3) is 0.571. The van der Waals surface area contributed by atoms with Crippen molar-refractivity contribution in [2.75, 3.05) is 5.73 Å². The molecule has 1 aromatic heterocycles. The van der Waals surface area contributed by atoms with Crippen LogP contribution in [0.4, 0.5) is 5.82 Å². The van der Waals surface area contributed by atoms with Gasteiger partial charge >= 0.3 is 0 Å². The molecule has 0 radical (unpaired) electrons. The molecule has 62 valence electrons. The van der Waals surface area contributed by atoms with Crippen molar-refractivity contribution < 1.29 is 0 Å². The molecule has 1 rings (SSSR count). The molecule has 1 aromatic rings. The lowest BCUT2D eigenvalue weighted by molar-refractivity contribution is 0.534. The van der Waals surface area contributed by atoms with Crippen LogP contribution < -0.4 is 11.5 Å². The third-order valence-corrected chi connectivity index (χ3v) is 1.51. The SMILES string of the molecule is CC(C)n1nc(CN)cc1N. The van der Waals surface area contributed by atoms with Gasteiger partial charge in [0.1, 0.15) is 5.82 Å². The van der Waals surface area contributed by atoms with E-state index in [1.807, 2.05) is 13.8 Å². The Morgan fingerprint density at radius 2 is 2.27 bits per heavy atom. The van der Waals surface area contributed by atoms with Crippen molar-refractivity contribution in [1.29, 1.82) is 0 Å². The first-order chi connectivity index (χ1) is 5.15. The van der Waals surface area contributed by atoms with Crippen molar-refractivity contribution in [2.24, 2.45) is 5.73 Å². The van der Waals surface area contributed by atoms with E-state index in [0.29, 0.717) is 18.4 Å². The standard InChI is InChI=1S/C7H14N4/c1-5(2)11-7(9)3-6(4-8)10-11/h3,5H,4,8-9H2,1-2H3. The van der Waals surface area contributed by atoms with E-state index in [1.54, 1.807) is 10.7 Å². The number of anilines is 1. The highest BCUT2D eigenvalue weighted by molar-refractivity contribution is 5.31. The van der Waals surface area contributed by atoms with Gasteiger partial charge in [0.15, 0.2) is 0 Å². The van der Waals surface area contributed by atoms with Gasteiger partial charge in [-0.25, -0.2) is 4.68 Å². The van der Waals surface area contributed by atoms with Crippen molar-refractivity contribution in [1.82, 2.24) is 9.78 Å². The van der Waals surface area contributed by atoms with Gasteiger partial charge in [0.2, 0.25) is 0 Å². The highest BCUT2D eigenvalue weighted by atomic mass is 15.3. The first-order valence-corrected chi connectivity index (χ1v) is 3.69. The fourth-order valence-electron chi connectivity index (χ4n) is 0.975. The average Bonchev–Trinajstić information content (AvgIpc) is 2.30. The summed E-state index contributed by atoms with van der Waals surface area (Å²) in [6.07, 6.45) is 0. The molecule has 11 heavy (non-hydrogen) atoms. The highest BCUT2D eigenvalue weighted by Crippen LogP contribution is 2.11. The van der Waals surface area contributed by atoms with E-state index in [2.05, 4.69) is 5.10 Å². The number of hydrogen-bond donors (Lipinski definition) is 2. The third kappa shape index (κ3) is 1.51. The van der Waals surface area contributed by atoms with Gasteiger partial charge in [-0.2, -0.15) is 5.10 Å². The molecule has 1 heterocycles. The largest absolute Gasteiger partial charge is 0.384 e. The summed E-state index contributed by atoms with van der Waals surface area (Å²) >= 11 is 0. The summed E-state index contributed by atoms with van der Waals surface area (Å²) in [5.41, 5.74) is 11.9. The maximum Gasteiger partial charge on any atom is 0.122 e. The van der Waals surface area contributed by atoms with Crippen LogP contribution in [0.5, 0.6) is 0 Å². The normalized spacial score (nSPS) is 10.9. The summed E-state index contributed by atoms with van der Waals surface area (Å²) in [6, 6.07) is 2.11. The van der Waals surface area contributed by atoms with Gasteiger partial charge in [-0.3, -0.25) is 0 Å². The second-order valence-corrected chi connectivity index (χ2v) is 2.80. The average molecular weight is 154 g/mol. The van der Waals surface area contributed by atoms with Gasteiger partial charge in [-0.05, 0) is 13.8 Å². The van der Waals surface area contributed by atoms with Crippen molar-refractivity contribution in [3.8, 4) is 0 Å². The van der Waals surface area contributed by atoms with Crippen LogP contribution in [0, 0.1) is 0 Å². The van der Waals surface area contributed by atoms with Crippen LogP contribution in [0.25, 0.3) is 0 Å². The van der Waals surface area contributed by atoms with Crippen LogP contribution in [0.15, 0.2) is 6.07 Å². The van der Waals surface area contributed by atoms with Gasteiger partial charge in [-0.1, -0.05) is 0 Å². The quantitative estimate of drug-likeness (QED) is 0.651. The minimum atomic E-state index is 0.301. The summed E-state index contributed by atoms with van der Waals surface area (Å²) in [5, 5.41) is 4.19. The van der Waals surface area contributed by atoms with Crippen molar-refractivity contribution in [3.63, 3.8) is 0 Å². The molecule has 0 amide bonds. The van der Waals surface area contributed by atoms with Crippen LogP contribution in [0.2, 0.25) is 0 Å². The molecule has 0 atom stereocenters. The number of aromatic nitrogens is 2. The van der Waals surface area contributed by atoms with E-state index in [-0.39, 0.29) is 0 Å². The van der Waals surface area contributed by atoms with Crippen LogP contribution in [0.3, 0.4) is 0 Å². The summed E-state index contributed by atoms with van der Waals surface area (Å²) in [4.78, 5) is 0. The van der Waals surface area contributed by atoms with Crippen LogP contribution >= 0.6 is 0 Å². The number of nitrogen functional groups attached to an aromatic ring is 1. The molecular weight excluding hydrogens is 140 g/mol. The maximum absolute atomic E-state index is 5.66. The van der Waals surface area contributed by atoms with E-state index in [1.165, 1.54) is 0 Å². The van der Waals surface area contributed by atoms with Crippen LogP contribution in [-0.2, 0) is 6.54 Å². The van der Waals surface area contributed by atoms with Crippen LogP contribution in [-0.4, -0.2) is 9.78 Å². The zero-order chi connectivity index (χ0) is 8.43. The number of nitrogens with two attached hydrogens (primary N) is 2. The molecule has 4 heteroatoms. The fourth-order valence-corrected chi connectivity index (χ4v) is 0.975. The maximum atomic E-state index is 5.66. The van der Waals surface area contributed by atoms with Gasteiger partial charge in [0.05, 0.1) is 5.69 Å². The number of nitrogens with zero attached hydrogens (tertiary/aromatic N) is 2. The lowest BCUT2D eigenvalue weighted by Crippen LogP contribution is -2.07. The molecule has 0 bridgehead atoms. The Morgan fingerprint density at radius 3 is 2.55 bits per heavy atom. The van der Waals surface area contributed by atoms with Gasteiger partial charge in [0, 0.05) is 18.7 Å². The molecule has 0 saturated heterocycles. The molecule has 0 aliphatic heterocycles. The molecule has 0 aromatic carbocycles. The smallest absolute Gasteiger partial charge is 0.122 e. The summed E-state index contributed by atoms with van der Waals surface area (Å²) < 4.78 is 1.77. The van der Waals surface area contributed by atoms with Gasteiger partial charge in [0.25, 0.3) is 0 Å². The molecule has 0 unspecified atom stereocenters. The minimum absolute atomic E-state index is 0.301. The topological polar surface area (TPSA) is 69.9 Å². The molecule has 0 saturated carbocycles. The second kappa shape index (κ2) is 2.92. The van der Waals surface area contributed by atoms with E-state index >= 15 is 0 Å². The Hall–Kier alpha value is -1.03. The first-order valence-electron chi connectivity index (χ1n) is 3.69. The van der Waals surface area contributed by atoms with Crippen molar-refractivity contribution >= 4 is 5.82 Å². The zero-order valence-electron chi connectivity index (χ0n) is 6.91. The third-order valence-electron chi connectivity index (χ3n) is 1.51. The molecule has 0 aliphatic rings. The zero-order valence-corrected chi connectivity index (χ0v) is 6.91. The summed E-state index contributed by atoms with van der Waals surface area (Å²) in [6.45, 7) is 4.51. The Kier molecular flexibility index (Phi) is 2.14. The van der Waals surface area contributed by atoms with Crippen molar-refractivity contribution in [3.05, 3.63) is 11.8 Å². The number of rotatable bonds is 2.